The third-order valence-corrected chi connectivity index (χ3v) is 5.28. The van der Waals surface area contributed by atoms with Gasteiger partial charge < -0.3 is 14.4 Å². The minimum Gasteiger partial charge on any atom is -0.342 e. The normalized spacial score (nSPS) is 13.4. The molecule has 124 valence electrons. The number of hydrogen-bond donors (Lipinski definition) is 1. The summed E-state index contributed by atoms with van der Waals surface area (Å²) in [7, 11) is -3.41. The average molecular weight is 327 g/mol. The number of carbonyl (C=O) groups is 1. The molecule has 0 fully saturated rings. The third kappa shape index (κ3) is 6.30. The minimum absolute atomic E-state index is 0.210. The van der Waals surface area contributed by atoms with Crippen LogP contribution in [0.1, 0.15) is 40.2 Å². The first-order valence-corrected chi connectivity index (χ1v) is 9.14. The molecule has 0 radical (unpaired) electrons. The monoisotopic (exact) mass is 327 g/mol. The Morgan fingerprint density at radius 2 is 1.55 bits per heavy atom. The highest BCUT2D eigenvalue weighted by Crippen LogP contribution is 2.53. The largest absolute Gasteiger partial charge is 0.352 e. The Labute approximate surface area is 132 Å². The Bertz CT molecular complexity index is 502. The van der Waals surface area contributed by atoms with Crippen molar-refractivity contribution in [1.29, 1.82) is 0 Å². The number of nitrogens with one attached hydrogen (secondary N) is 1. The molecule has 0 heterocycles. The molecule has 6 heteroatoms. The Hall–Kier alpha value is -1.16. The topological polar surface area (TPSA) is 64.6 Å². The minimum atomic E-state index is -3.41. The van der Waals surface area contributed by atoms with E-state index in [4.69, 9.17) is 9.05 Å². The van der Waals surface area contributed by atoms with Gasteiger partial charge in [0.25, 0.3) is 0 Å². The SMILES string of the molecule is CC(C)OP(=O)(OC(C)C)[C@H](C)NC(=O)Cc1ccccc1. The summed E-state index contributed by atoms with van der Waals surface area (Å²) in [6, 6.07) is 9.39. The van der Waals surface area contributed by atoms with Crippen LogP contribution in [0.5, 0.6) is 0 Å². The molecule has 1 amide bonds. The number of hydrogen-bond acceptors (Lipinski definition) is 4. The van der Waals surface area contributed by atoms with E-state index < -0.39 is 13.4 Å². The van der Waals surface area contributed by atoms with Crippen molar-refractivity contribution in [1.82, 2.24) is 5.32 Å². The van der Waals surface area contributed by atoms with Gasteiger partial charge in [0.1, 0.15) is 5.78 Å². The number of carbonyl (C=O) groups excluding carboxylic acids is 1. The lowest BCUT2D eigenvalue weighted by atomic mass is 10.1. The van der Waals surface area contributed by atoms with Gasteiger partial charge in [0, 0.05) is 0 Å². The van der Waals surface area contributed by atoms with Crippen molar-refractivity contribution in [3.8, 4) is 0 Å². The summed E-state index contributed by atoms with van der Waals surface area (Å²) in [5.74, 6) is -0.910. The molecular weight excluding hydrogens is 301 g/mol. The van der Waals surface area contributed by atoms with Crippen LogP contribution >= 0.6 is 7.60 Å². The molecule has 1 atom stereocenters. The van der Waals surface area contributed by atoms with Crippen LogP contribution < -0.4 is 5.32 Å². The van der Waals surface area contributed by atoms with Crippen molar-refractivity contribution >= 4 is 13.5 Å². The standard InChI is InChI=1S/C16H26NO4P/c1-12(2)20-22(19,21-13(3)4)14(5)17-16(18)11-15-9-7-6-8-10-15/h6-10,12-14H,11H2,1-5H3,(H,17,18)/t14-/m1/s1. The summed E-state index contributed by atoms with van der Waals surface area (Å²) in [4.78, 5) is 12.1. The van der Waals surface area contributed by atoms with Crippen LogP contribution in [0, 0.1) is 0 Å². The predicted octanol–water partition coefficient (Wildman–Crippen LogP) is 3.73. The van der Waals surface area contributed by atoms with Crippen LogP contribution in [-0.4, -0.2) is 23.9 Å². The summed E-state index contributed by atoms with van der Waals surface area (Å²) in [6.07, 6.45) is -0.273. The zero-order valence-corrected chi connectivity index (χ0v) is 14.8. The van der Waals surface area contributed by atoms with Crippen LogP contribution in [0.15, 0.2) is 30.3 Å². The van der Waals surface area contributed by atoms with Gasteiger partial charge in [-0.15, -0.1) is 0 Å². The van der Waals surface area contributed by atoms with E-state index >= 15 is 0 Å². The Kier molecular flexibility index (Phi) is 7.27. The van der Waals surface area contributed by atoms with Crippen LogP contribution in [0.4, 0.5) is 0 Å². The number of benzene rings is 1. The van der Waals surface area contributed by atoms with Gasteiger partial charge in [-0.1, -0.05) is 30.3 Å². The maximum absolute atomic E-state index is 12.9. The fraction of sp³-hybridized carbons (Fsp3) is 0.562. The molecule has 0 spiro atoms. The van der Waals surface area contributed by atoms with E-state index in [0.717, 1.165) is 5.56 Å². The molecule has 22 heavy (non-hydrogen) atoms. The first-order chi connectivity index (χ1) is 10.2. The Balaban J connectivity index is 2.71. The van der Waals surface area contributed by atoms with Gasteiger partial charge in [-0.3, -0.25) is 9.36 Å². The smallest absolute Gasteiger partial charge is 0.342 e. The summed E-state index contributed by atoms with van der Waals surface area (Å²) in [5, 5.41) is 2.73. The van der Waals surface area contributed by atoms with Gasteiger partial charge in [0.15, 0.2) is 0 Å². The molecule has 5 nitrogen and oxygen atoms in total. The third-order valence-electron chi connectivity index (χ3n) is 2.77. The molecule has 0 aromatic heterocycles. The molecule has 1 N–H and O–H groups in total. The summed E-state index contributed by atoms with van der Waals surface area (Å²) >= 11 is 0. The molecule has 0 aliphatic heterocycles. The van der Waals surface area contributed by atoms with Crippen molar-refractivity contribution in [2.24, 2.45) is 0 Å². The van der Waals surface area contributed by atoms with Gasteiger partial charge in [0.2, 0.25) is 5.91 Å². The maximum atomic E-state index is 12.9. The lowest BCUT2D eigenvalue weighted by molar-refractivity contribution is -0.120. The van der Waals surface area contributed by atoms with Gasteiger partial charge in [-0.25, -0.2) is 0 Å². The first kappa shape index (κ1) is 18.9. The zero-order valence-electron chi connectivity index (χ0n) is 13.9. The first-order valence-electron chi connectivity index (χ1n) is 7.52. The second-order valence-electron chi connectivity index (χ2n) is 5.75. The van der Waals surface area contributed by atoms with Crippen molar-refractivity contribution in [2.45, 2.75) is 59.0 Å². The molecular formula is C16H26NO4P. The summed E-state index contributed by atoms with van der Waals surface area (Å²) in [5.41, 5.74) is 0.900. The highest BCUT2D eigenvalue weighted by Gasteiger charge is 2.35. The van der Waals surface area contributed by atoms with Gasteiger partial charge in [-0.2, -0.15) is 0 Å². The maximum Gasteiger partial charge on any atom is 0.352 e. The van der Waals surface area contributed by atoms with Crippen LogP contribution in [0.3, 0.4) is 0 Å². The van der Waals surface area contributed by atoms with Gasteiger partial charge in [-0.05, 0) is 40.2 Å². The molecule has 1 rings (SSSR count). The fourth-order valence-corrected chi connectivity index (χ4v) is 3.83. The molecule has 0 saturated carbocycles. The second kappa shape index (κ2) is 8.47. The highest BCUT2D eigenvalue weighted by molar-refractivity contribution is 7.54. The number of amides is 1. The lowest BCUT2D eigenvalue weighted by Gasteiger charge is -2.28. The van der Waals surface area contributed by atoms with Gasteiger partial charge in [0.05, 0.1) is 18.6 Å². The zero-order chi connectivity index (χ0) is 16.8. The van der Waals surface area contributed by atoms with Crippen molar-refractivity contribution < 1.29 is 18.4 Å². The average Bonchev–Trinajstić information content (AvgIpc) is 2.37. The highest BCUT2D eigenvalue weighted by atomic mass is 31.2. The molecule has 0 bridgehead atoms. The molecule has 0 saturated heterocycles. The van der Waals surface area contributed by atoms with Crippen LogP contribution in [-0.2, 0) is 24.8 Å². The van der Waals surface area contributed by atoms with Crippen LogP contribution in [0.25, 0.3) is 0 Å². The molecule has 0 aliphatic rings. The Morgan fingerprint density at radius 3 is 2.00 bits per heavy atom. The van der Waals surface area contributed by atoms with Crippen LogP contribution in [0.2, 0.25) is 0 Å². The summed E-state index contributed by atoms with van der Waals surface area (Å²) in [6.45, 7) is 8.79. The molecule has 1 aromatic carbocycles. The van der Waals surface area contributed by atoms with Crippen molar-refractivity contribution in [2.75, 3.05) is 0 Å². The van der Waals surface area contributed by atoms with E-state index in [2.05, 4.69) is 5.32 Å². The quantitative estimate of drug-likeness (QED) is 0.739. The molecule has 1 aromatic rings. The van der Waals surface area contributed by atoms with Gasteiger partial charge >= 0.3 is 7.60 Å². The van der Waals surface area contributed by atoms with E-state index in [1.165, 1.54) is 0 Å². The number of rotatable bonds is 8. The van der Waals surface area contributed by atoms with E-state index in [1.807, 2.05) is 30.3 Å². The fourth-order valence-electron chi connectivity index (χ4n) is 1.94. The van der Waals surface area contributed by atoms with Crippen molar-refractivity contribution in [3.63, 3.8) is 0 Å². The lowest BCUT2D eigenvalue weighted by Crippen LogP contribution is -2.35. The van der Waals surface area contributed by atoms with Crippen molar-refractivity contribution in [3.05, 3.63) is 35.9 Å². The predicted molar refractivity (Wildman–Crippen MR) is 87.8 cm³/mol. The van der Waals surface area contributed by atoms with E-state index in [9.17, 15) is 9.36 Å². The molecule has 0 unspecified atom stereocenters. The summed E-state index contributed by atoms with van der Waals surface area (Å²) < 4.78 is 23.8. The Morgan fingerprint density at radius 1 is 1.05 bits per heavy atom. The van der Waals surface area contributed by atoms with E-state index in [0.29, 0.717) is 0 Å². The van der Waals surface area contributed by atoms with E-state index in [1.54, 1.807) is 34.6 Å². The second-order valence-corrected chi connectivity index (χ2v) is 8.03. The van der Waals surface area contributed by atoms with E-state index in [-0.39, 0.29) is 24.5 Å². The molecule has 0 aliphatic carbocycles.